The molecule has 184 valence electrons. The van der Waals surface area contributed by atoms with Crippen molar-refractivity contribution in [3.05, 3.63) is 48.5 Å². The van der Waals surface area contributed by atoms with E-state index in [1.54, 1.807) is 14.2 Å². The minimum atomic E-state index is -0.450. The number of carbonyl (C=O) groups excluding carboxylic acids is 2. The molecule has 3 amide bonds. The molecule has 1 aromatic heterocycles. The van der Waals surface area contributed by atoms with Gasteiger partial charge in [-0.05, 0) is 49.2 Å². The molecule has 1 aliphatic rings. The van der Waals surface area contributed by atoms with Gasteiger partial charge in [-0.1, -0.05) is 43.2 Å². The molecule has 0 saturated heterocycles. The second kappa shape index (κ2) is 11.7. The number of rotatable bonds is 8. The van der Waals surface area contributed by atoms with E-state index in [9.17, 15) is 9.59 Å². The average Bonchev–Trinajstić information content (AvgIpc) is 3.31. The molecule has 1 saturated carbocycles. The first kappa shape index (κ1) is 24.6. The van der Waals surface area contributed by atoms with Crippen LogP contribution in [0.25, 0.3) is 17.1 Å². The van der Waals surface area contributed by atoms with E-state index in [2.05, 4.69) is 20.8 Å². The lowest BCUT2D eigenvalue weighted by Crippen LogP contribution is -2.45. The number of imide groups is 1. The fraction of sp³-hybridized carbons (Fsp3) is 0.360. The van der Waals surface area contributed by atoms with Gasteiger partial charge in [0.2, 0.25) is 5.91 Å². The number of carbonyl (C=O) groups is 2. The molecule has 4 rings (SSSR count). The lowest BCUT2D eigenvalue weighted by Gasteiger charge is -2.22. The fourth-order valence-electron chi connectivity index (χ4n) is 4.09. The van der Waals surface area contributed by atoms with Gasteiger partial charge in [0.1, 0.15) is 11.5 Å². The minimum Gasteiger partial charge on any atom is -0.497 e. The zero-order valence-electron chi connectivity index (χ0n) is 19.8. The van der Waals surface area contributed by atoms with Gasteiger partial charge in [-0.25, -0.2) is 4.79 Å². The minimum absolute atomic E-state index is 0.0122. The summed E-state index contributed by atoms with van der Waals surface area (Å²) in [4.78, 5) is 24.7. The van der Waals surface area contributed by atoms with Crippen molar-refractivity contribution in [2.75, 3.05) is 20.0 Å². The smallest absolute Gasteiger partial charge is 0.321 e. The van der Waals surface area contributed by atoms with E-state index < -0.39 is 11.9 Å². The molecule has 0 atom stereocenters. The summed E-state index contributed by atoms with van der Waals surface area (Å²) in [5.41, 5.74) is 1.57. The number of aromatic nitrogens is 3. The molecule has 0 spiro atoms. The number of para-hydroxylation sites is 1. The first-order valence-corrected chi connectivity index (χ1v) is 12.5. The van der Waals surface area contributed by atoms with E-state index in [0.29, 0.717) is 16.7 Å². The van der Waals surface area contributed by atoms with Crippen LogP contribution in [0.5, 0.6) is 11.5 Å². The highest BCUT2D eigenvalue weighted by molar-refractivity contribution is 7.99. The maximum Gasteiger partial charge on any atom is 0.321 e. The van der Waals surface area contributed by atoms with Crippen LogP contribution in [-0.2, 0) is 4.79 Å². The van der Waals surface area contributed by atoms with E-state index >= 15 is 0 Å². The Morgan fingerprint density at radius 3 is 2.46 bits per heavy atom. The first-order chi connectivity index (χ1) is 17.1. The van der Waals surface area contributed by atoms with Gasteiger partial charge < -0.3 is 14.8 Å². The highest BCUT2D eigenvalue weighted by Crippen LogP contribution is 2.33. The molecule has 35 heavy (non-hydrogen) atoms. The second-order valence-electron chi connectivity index (χ2n) is 8.19. The van der Waals surface area contributed by atoms with Crippen LogP contribution in [-0.4, -0.2) is 52.7 Å². The van der Waals surface area contributed by atoms with Gasteiger partial charge in [0.05, 0.1) is 31.2 Å². The number of urea groups is 1. The number of benzene rings is 2. The molecule has 3 aromatic rings. The van der Waals surface area contributed by atoms with Crippen molar-refractivity contribution in [3.63, 3.8) is 0 Å². The highest BCUT2D eigenvalue weighted by atomic mass is 32.2. The normalized spacial score (nSPS) is 13.8. The van der Waals surface area contributed by atoms with Crippen LogP contribution in [0.3, 0.4) is 0 Å². The highest BCUT2D eigenvalue weighted by Gasteiger charge is 2.21. The van der Waals surface area contributed by atoms with Gasteiger partial charge in [0, 0.05) is 6.04 Å². The summed E-state index contributed by atoms with van der Waals surface area (Å²) in [6.45, 7) is 0. The van der Waals surface area contributed by atoms with E-state index in [4.69, 9.17) is 9.47 Å². The number of methoxy groups -OCH3 is 2. The molecule has 1 fully saturated rings. The third-order valence-electron chi connectivity index (χ3n) is 5.84. The molecule has 1 aliphatic carbocycles. The maximum absolute atomic E-state index is 12.5. The molecule has 0 aliphatic heterocycles. The first-order valence-electron chi connectivity index (χ1n) is 11.6. The molecule has 9 nitrogen and oxygen atoms in total. The van der Waals surface area contributed by atoms with E-state index in [0.717, 1.165) is 42.7 Å². The van der Waals surface area contributed by atoms with E-state index in [-0.39, 0.29) is 11.8 Å². The Balaban J connectivity index is 1.52. The van der Waals surface area contributed by atoms with Crippen LogP contribution >= 0.6 is 11.8 Å². The molecule has 0 radical (unpaired) electrons. The molecule has 0 unspecified atom stereocenters. The van der Waals surface area contributed by atoms with Crippen molar-refractivity contribution in [2.45, 2.75) is 43.3 Å². The van der Waals surface area contributed by atoms with Crippen LogP contribution in [0.1, 0.15) is 32.1 Å². The number of thioether (sulfide) groups is 1. The van der Waals surface area contributed by atoms with Crippen LogP contribution in [0.15, 0.2) is 53.7 Å². The van der Waals surface area contributed by atoms with Crippen molar-refractivity contribution < 1.29 is 19.1 Å². The number of hydrogen-bond donors (Lipinski definition) is 2. The largest absolute Gasteiger partial charge is 0.497 e. The van der Waals surface area contributed by atoms with Crippen LogP contribution < -0.4 is 20.1 Å². The van der Waals surface area contributed by atoms with Gasteiger partial charge in [0.25, 0.3) is 0 Å². The van der Waals surface area contributed by atoms with E-state index in [1.165, 1.54) is 18.2 Å². The zero-order chi connectivity index (χ0) is 24.6. The Morgan fingerprint density at radius 1 is 1.00 bits per heavy atom. The van der Waals surface area contributed by atoms with Gasteiger partial charge in [-0.3, -0.25) is 14.7 Å². The molecule has 2 N–H and O–H groups in total. The molecule has 10 heteroatoms. The lowest BCUT2D eigenvalue weighted by atomic mass is 9.96. The third-order valence-corrected chi connectivity index (χ3v) is 6.77. The number of nitrogens with one attached hydrogen (secondary N) is 2. The van der Waals surface area contributed by atoms with Crippen molar-refractivity contribution in [2.24, 2.45) is 0 Å². The second-order valence-corrected chi connectivity index (χ2v) is 9.13. The van der Waals surface area contributed by atoms with Crippen molar-refractivity contribution in [1.82, 2.24) is 25.4 Å². The third kappa shape index (κ3) is 6.13. The van der Waals surface area contributed by atoms with Crippen LogP contribution in [0.4, 0.5) is 4.79 Å². The summed E-state index contributed by atoms with van der Waals surface area (Å²) >= 11 is 1.20. The average molecular weight is 496 g/mol. The molecular weight excluding hydrogens is 466 g/mol. The molecule has 0 bridgehead atoms. The summed E-state index contributed by atoms with van der Waals surface area (Å²) < 4.78 is 12.7. The summed E-state index contributed by atoms with van der Waals surface area (Å²) in [5, 5.41) is 14.6. The van der Waals surface area contributed by atoms with Crippen molar-refractivity contribution in [3.8, 4) is 28.6 Å². The maximum atomic E-state index is 12.5. The van der Waals surface area contributed by atoms with Crippen LogP contribution in [0.2, 0.25) is 0 Å². The van der Waals surface area contributed by atoms with Gasteiger partial charge in [-0.2, -0.15) is 0 Å². The quantitative estimate of drug-likeness (QED) is 0.451. The molecule has 2 aromatic carbocycles. The summed E-state index contributed by atoms with van der Waals surface area (Å²) in [7, 11) is 3.21. The Bertz CT molecular complexity index is 1160. The van der Waals surface area contributed by atoms with Gasteiger partial charge in [-0.15, -0.1) is 10.2 Å². The standard InChI is InChI=1S/C25H29N5O4S/c1-33-19-14-12-18(13-15-19)30-23(20-10-6-7-11-21(20)34-2)28-29-25(30)35-16-22(31)27-24(32)26-17-8-4-3-5-9-17/h6-7,10-15,17H,3-5,8-9,16H2,1-2H3,(H2,26,27,31,32). The topological polar surface area (TPSA) is 107 Å². The summed E-state index contributed by atoms with van der Waals surface area (Å²) in [5.74, 6) is 1.57. The predicted molar refractivity (Wildman–Crippen MR) is 134 cm³/mol. The Hall–Kier alpha value is -3.53. The van der Waals surface area contributed by atoms with Gasteiger partial charge >= 0.3 is 6.03 Å². The van der Waals surface area contributed by atoms with Crippen LogP contribution in [0, 0.1) is 0 Å². The van der Waals surface area contributed by atoms with Gasteiger partial charge in [0.15, 0.2) is 11.0 Å². The number of ether oxygens (including phenoxy) is 2. The Morgan fingerprint density at radius 2 is 1.74 bits per heavy atom. The monoisotopic (exact) mass is 495 g/mol. The zero-order valence-corrected chi connectivity index (χ0v) is 20.6. The van der Waals surface area contributed by atoms with Crippen molar-refractivity contribution in [1.29, 1.82) is 0 Å². The van der Waals surface area contributed by atoms with Crippen molar-refractivity contribution >= 4 is 23.7 Å². The number of hydrogen-bond acceptors (Lipinski definition) is 7. The Labute approximate surface area is 208 Å². The summed E-state index contributed by atoms with van der Waals surface area (Å²) in [6, 6.07) is 14.7. The summed E-state index contributed by atoms with van der Waals surface area (Å²) in [6.07, 6.45) is 5.30. The van der Waals surface area contributed by atoms with E-state index in [1.807, 2.05) is 53.1 Å². The number of nitrogens with zero attached hydrogens (tertiary/aromatic N) is 3. The lowest BCUT2D eigenvalue weighted by molar-refractivity contribution is -0.117. The fourth-order valence-corrected chi connectivity index (χ4v) is 4.84. The molecule has 1 heterocycles. The Kier molecular flexibility index (Phi) is 8.25. The number of amides is 3. The predicted octanol–water partition coefficient (Wildman–Crippen LogP) is 4.20. The molecular formula is C25H29N5O4S. The SMILES string of the molecule is COc1ccc(-n2c(SCC(=O)NC(=O)NC3CCCCC3)nnc2-c2ccccc2OC)cc1.